The molecule has 6 heteroatoms. The highest BCUT2D eigenvalue weighted by Gasteiger charge is 2.17. The van der Waals surface area contributed by atoms with E-state index in [4.69, 9.17) is 5.11 Å². The summed E-state index contributed by atoms with van der Waals surface area (Å²) >= 11 is 0. The molecular weight excluding hydrogens is 222 g/mol. The number of carbonyl (C=O) groups excluding carboxylic acids is 1. The molecule has 0 atom stereocenters. The first kappa shape index (κ1) is 13.2. The minimum absolute atomic E-state index is 0.0776. The first-order chi connectivity index (χ1) is 7.97. The number of aromatic nitrogens is 2. The van der Waals surface area contributed by atoms with Crippen LogP contribution in [0, 0.1) is 13.8 Å². The Labute approximate surface area is 99.6 Å². The van der Waals surface area contributed by atoms with E-state index in [1.54, 1.807) is 11.6 Å². The van der Waals surface area contributed by atoms with E-state index in [0.717, 1.165) is 5.69 Å². The van der Waals surface area contributed by atoms with Crippen LogP contribution in [0.5, 0.6) is 0 Å². The number of nitrogens with one attached hydrogen (secondary N) is 1. The maximum absolute atomic E-state index is 11.8. The standard InChI is InChI=1S/C11H17N3O3/c1-4-14-8(3)10(7(2)13-14)11(17)12-6-5-9(15)16/h4-6H2,1-3H3,(H,12,17)(H,15,16). The number of carbonyl (C=O) groups is 2. The van der Waals surface area contributed by atoms with Crippen LogP contribution in [-0.4, -0.2) is 33.3 Å². The topological polar surface area (TPSA) is 84.2 Å². The van der Waals surface area contributed by atoms with E-state index in [1.165, 1.54) is 0 Å². The Morgan fingerprint density at radius 3 is 2.53 bits per heavy atom. The molecule has 94 valence electrons. The van der Waals surface area contributed by atoms with Gasteiger partial charge in [0.1, 0.15) is 0 Å². The lowest BCUT2D eigenvalue weighted by molar-refractivity contribution is -0.136. The van der Waals surface area contributed by atoms with Crippen molar-refractivity contribution in [2.75, 3.05) is 6.54 Å². The molecule has 17 heavy (non-hydrogen) atoms. The number of aryl methyl sites for hydroxylation is 2. The summed E-state index contributed by atoms with van der Waals surface area (Å²) in [4.78, 5) is 22.2. The van der Waals surface area contributed by atoms with E-state index >= 15 is 0 Å². The number of aliphatic carboxylic acids is 1. The van der Waals surface area contributed by atoms with Crippen molar-refractivity contribution in [2.24, 2.45) is 0 Å². The van der Waals surface area contributed by atoms with Crippen LogP contribution in [-0.2, 0) is 11.3 Å². The van der Waals surface area contributed by atoms with E-state index < -0.39 is 5.97 Å². The molecule has 0 spiro atoms. The van der Waals surface area contributed by atoms with Crippen molar-refractivity contribution in [2.45, 2.75) is 33.7 Å². The van der Waals surface area contributed by atoms with Gasteiger partial charge in [-0.05, 0) is 20.8 Å². The van der Waals surface area contributed by atoms with Crippen molar-refractivity contribution in [1.29, 1.82) is 0 Å². The fraction of sp³-hybridized carbons (Fsp3) is 0.545. The van der Waals surface area contributed by atoms with Gasteiger partial charge in [-0.2, -0.15) is 5.10 Å². The molecule has 6 nitrogen and oxygen atoms in total. The summed E-state index contributed by atoms with van der Waals surface area (Å²) in [6.07, 6.45) is -0.0776. The zero-order valence-electron chi connectivity index (χ0n) is 10.3. The van der Waals surface area contributed by atoms with Crippen molar-refractivity contribution in [3.8, 4) is 0 Å². The lowest BCUT2D eigenvalue weighted by Gasteiger charge is -2.04. The largest absolute Gasteiger partial charge is 0.481 e. The normalized spacial score (nSPS) is 10.3. The number of rotatable bonds is 5. The molecular formula is C11H17N3O3. The Balaban J connectivity index is 2.75. The van der Waals surface area contributed by atoms with Crippen molar-refractivity contribution in [1.82, 2.24) is 15.1 Å². The van der Waals surface area contributed by atoms with Gasteiger partial charge in [0.25, 0.3) is 5.91 Å². The van der Waals surface area contributed by atoms with Crippen molar-refractivity contribution >= 4 is 11.9 Å². The summed E-state index contributed by atoms with van der Waals surface area (Å²) in [6.45, 7) is 6.38. The molecule has 0 bridgehead atoms. The van der Waals surface area contributed by atoms with Gasteiger partial charge in [-0.25, -0.2) is 0 Å². The average molecular weight is 239 g/mol. The first-order valence-electron chi connectivity index (χ1n) is 5.51. The summed E-state index contributed by atoms with van der Waals surface area (Å²) < 4.78 is 1.75. The third-order valence-electron chi connectivity index (χ3n) is 2.53. The Hall–Kier alpha value is -1.85. The zero-order valence-corrected chi connectivity index (χ0v) is 10.3. The molecule has 0 unspecified atom stereocenters. The van der Waals surface area contributed by atoms with Gasteiger partial charge < -0.3 is 10.4 Å². The summed E-state index contributed by atoms with van der Waals surface area (Å²) in [6, 6.07) is 0. The third-order valence-corrected chi connectivity index (χ3v) is 2.53. The Bertz CT molecular complexity index is 437. The molecule has 0 saturated heterocycles. The van der Waals surface area contributed by atoms with Gasteiger partial charge in [0.2, 0.25) is 0 Å². The first-order valence-corrected chi connectivity index (χ1v) is 5.51. The highest BCUT2D eigenvalue weighted by atomic mass is 16.4. The molecule has 2 N–H and O–H groups in total. The Morgan fingerprint density at radius 2 is 2.06 bits per heavy atom. The molecule has 0 aromatic carbocycles. The molecule has 1 aromatic heterocycles. The molecule has 0 saturated carbocycles. The number of nitrogens with zero attached hydrogens (tertiary/aromatic N) is 2. The van der Waals surface area contributed by atoms with Crippen LogP contribution >= 0.6 is 0 Å². The van der Waals surface area contributed by atoms with Crippen LogP contribution in [0.1, 0.15) is 35.1 Å². The van der Waals surface area contributed by atoms with E-state index in [9.17, 15) is 9.59 Å². The highest BCUT2D eigenvalue weighted by molar-refractivity contribution is 5.96. The molecule has 1 aromatic rings. The van der Waals surface area contributed by atoms with Gasteiger partial charge in [-0.3, -0.25) is 14.3 Å². The van der Waals surface area contributed by atoms with Crippen molar-refractivity contribution in [3.63, 3.8) is 0 Å². The van der Waals surface area contributed by atoms with Gasteiger partial charge in [-0.15, -0.1) is 0 Å². The number of hydrogen-bond donors (Lipinski definition) is 2. The minimum atomic E-state index is -0.928. The maximum Gasteiger partial charge on any atom is 0.305 e. The van der Waals surface area contributed by atoms with E-state index in [-0.39, 0.29) is 18.9 Å². The molecule has 1 rings (SSSR count). The second kappa shape index (κ2) is 5.47. The zero-order chi connectivity index (χ0) is 13.0. The maximum atomic E-state index is 11.8. The molecule has 1 heterocycles. The van der Waals surface area contributed by atoms with Crippen LogP contribution in [0.3, 0.4) is 0 Å². The van der Waals surface area contributed by atoms with Crippen LogP contribution in [0.2, 0.25) is 0 Å². The summed E-state index contributed by atoms with van der Waals surface area (Å²) in [5, 5.41) is 15.3. The quantitative estimate of drug-likeness (QED) is 0.793. The van der Waals surface area contributed by atoms with Gasteiger partial charge in [0.15, 0.2) is 0 Å². The predicted octanol–water partition coefficient (Wildman–Crippen LogP) is 0.724. The van der Waals surface area contributed by atoms with Crippen LogP contribution in [0.4, 0.5) is 0 Å². The fourth-order valence-electron chi connectivity index (χ4n) is 1.70. The third kappa shape index (κ3) is 3.05. The van der Waals surface area contributed by atoms with Gasteiger partial charge in [0.05, 0.1) is 17.7 Å². The smallest absolute Gasteiger partial charge is 0.305 e. The lowest BCUT2D eigenvalue weighted by atomic mass is 10.2. The monoisotopic (exact) mass is 239 g/mol. The Morgan fingerprint density at radius 1 is 1.41 bits per heavy atom. The number of carboxylic acids is 1. The fourth-order valence-corrected chi connectivity index (χ4v) is 1.70. The van der Waals surface area contributed by atoms with E-state index in [0.29, 0.717) is 17.8 Å². The second-order valence-corrected chi connectivity index (χ2v) is 3.76. The molecule has 0 aliphatic heterocycles. The summed E-state index contributed by atoms with van der Waals surface area (Å²) in [5.41, 5.74) is 2.01. The molecule has 0 aliphatic carbocycles. The van der Waals surface area contributed by atoms with Crippen LogP contribution in [0.15, 0.2) is 0 Å². The van der Waals surface area contributed by atoms with Crippen molar-refractivity contribution in [3.05, 3.63) is 17.0 Å². The van der Waals surface area contributed by atoms with Gasteiger partial charge in [-0.1, -0.05) is 0 Å². The van der Waals surface area contributed by atoms with Gasteiger partial charge >= 0.3 is 5.97 Å². The lowest BCUT2D eigenvalue weighted by Crippen LogP contribution is -2.27. The molecule has 0 aliphatic rings. The van der Waals surface area contributed by atoms with Crippen LogP contribution in [0.25, 0.3) is 0 Å². The highest BCUT2D eigenvalue weighted by Crippen LogP contribution is 2.12. The number of carboxylic acid groups (broad SMARTS) is 1. The summed E-state index contributed by atoms with van der Waals surface area (Å²) in [7, 11) is 0. The van der Waals surface area contributed by atoms with Crippen LogP contribution < -0.4 is 5.32 Å². The average Bonchev–Trinajstić information content (AvgIpc) is 2.53. The Kier molecular flexibility index (Phi) is 4.25. The van der Waals surface area contributed by atoms with Crippen molar-refractivity contribution < 1.29 is 14.7 Å². The molecule has 0 radical (unpaired) electrons. The second-order valence-electron chi connectivity index (χ2n) is 3.76. The van der Waals surface area contributed by atoms with E-state index in [1.807, 2.05) is 13.8 Å². The SMILES string of the molecule is CCn1nc(C)c(C(=O)NCCC(=O)O)c1C. The molecule has 1 amide bonds. The van der Waals surface area contributed by atoms with E-state index in [2.05, 4.69) is 10.4 Å². The predicted molar refractivity (Wildman–Crippen MR) is 62.0 cm³/mol. The minimum Gasteiger partial charge on any atom is -0.481 e. The van der Waals surface area contributed by atoms with Gasteiger partial charge in [0, 0.05) is 18.8 Å². The molecule has 0 fully saturated rings. The number of amides is 1. The summed E-state index contributed by atoms with van der Waals surface area (Å²) in [5.74, 6) is -1.19. The number of hydrogen-bond acceptors (Lipinski definition) is 3.